The molecule has 3 rings (SSSR count). The molecule has 0 amide bonds. The Kier molecular flexibility index (Phi) is 2.32. The van der Waals surface area contributed by atoms with Crippen LogP contribution in [0.5, 0.6) is 0 Å². The molecule has 2 heteroatoms. The molecule has 1 saturated heterocycles. The Morgan fingerprint density at radius 3 is 3.13 bits per heavy atom. The topological polar surface area (TPSA) is 8.17 Å². The number of hydrogen-bond donors (Lipinski definition) is 0. The minimum Gasteiger partial charge on any atom is -0.349 e. The molecule has 0 radical (unpaired) electrons. The molecule has 2 atom stereocenters. The van der Waals surface area contributed by atoms with E-state index in [9.17, 15) is 0 Å². The van der Waals surface area contributed by atoms with Gasteiger partial charge in [-0.05, 0) is 37.8 Å². The highest BCUT2D eigenvalue weighted by molar-refractivity contribution is 5.15. The molecule has 2 aliphatic rings. The summed E-state index contributed by atoms with van der Waals surface area (Å²) in [7, 11) is 0. The molecule has 3 heterocycles. The van der Waals surface area contributed by atoms with Gasteiger partial charge in [0.1, 0.15) is 0 Å². The summed E-state index contributed by atoms with van der Waals surface area (Å²) >= 11 is 0. The molecule has 2 nitrogen and oxygen atoms in total. The van der Waals surface area contributed by atoms with Crippen molar-refractivity contribution >= 4 is 0 Å². The van der Waals surface area contributed by atoms with Crippen molar-refractivity contribution in [2.45, 2.75) is 51.2 Å². The van der Waals surface area contributed by atoms with Gasteiger partial charge in [0.25, 0.3) is 0 Å². The summed E-state index contributed by atoms with van der Waals surface area (Å²) in [6.07, 6.45) is 7.73. The number of fused-ring (bicyclic) bond motifs is 3. The van der Waals surface area contributed by atoms with Gasteiger partial charge in [-0.15, -0.1) is 0 Å². The van der Waals surface area contributed by atoms with Crippen LogP contribution in [0.25, 0.3) is 0 Å². The average molecular weight is 204 g/mol. The maximum absolute atomic E-state index is 2.75. The van der Waals surface area contributed by atoms with Crippen molar-refractivity contribution < 1.29 is 0 Å². The van der Waals surface area contributed by atoms with Crippen LogP contribution >= 0.6 is 0 Å². The molecule has 0 aromatic carbocycles. The van der Waals surface area contributed by atoms with E-state index in [1.165, 1.54) is 38.8 Å². The minimum atomic E-state index is 0.715. The number of aromatic nitrogens is 1. The average Bonchev–Trinajstić information content (AvgIpc) is 2.76. The first-order valence-electron chi connectivity index (χ1n) is 6.31. The Morgan fingerprint density at radius 2 is 2.27 bits per heavy atom. The fourth-order valence-corrected chi connectivity index (χ4v) is 3.38. The minimum absolute atomic E-state index is 0.715. The lowest BCUT2D eigenvalue weighted by Gasteiger charge is -2.45. The molecule has 82 valence electrons. The van der Waals surface area contributed by atoms with Crippen LogP contribution in [0.3, 0.4) is 0 Å². The summed E-state index contributed by atoms with van der Waals surface area (Å²) in [5.41, 5.74) is 1.56. The maximum atomic E-state index is 2.75. The number of rotatable bonds is 1. The predicted molar refractivity (Wildman–Crippen MR) is 61.8 cm³/mol. The van der Waals surface area contributed by atoms with Crippen molar-refractivity contribution in [3.8, 4) is 0 Å². The summed E-state index contributed by atoms with van der Waals surface area (Å²) in [5, 5.41) is 0. The summed E-state index contributed by atoms with van der Waals surface area (Å²) in [6, 6.07) is 6.07. The Balaban J connectivity index is 1.92. The van der Waals surface area contributed by atoms with E-state index in [-0.39, 0.29) is 0 Å². The Bertz CT molecular complexity index is 342. The summed E-state index contributed by atoms with van der Waals surface area (Å²) < 4.78 is 2.44. The first-order chi connectivity index (χ1) is 7.40. The van der Waals surface area contributed by atoms with Gasteiger partial charge in [0, 0.05) is 31.0 Å². The molecule has 0 bridgehead atoms. The summed E-state index contributed by atoms with van der Waals surface area (Å²) in [6.45, 7) is 4.78. The largest absolute Gasteiger partial charge is 0.349 e. The van der Waals surface area contributed by atoms with E-state index in [4.69, 9.17) is 0 Å². The van der Waals surface area contributed by atoms with Crippen molar-refractivity contribution in [3.63, 3.8) is 0 Å². The number of piperidine rings is 1. The molecular formula is C13H20N2. The lowest BCUT2D eigenvalue weighted by Crippen LogP contribution is -2.46. The van der Waals surface area contributed by atoms with Crippen LogP contribution in [0.2, 0.25) is 0 Å². The quantitative estimate of drug-likeness (QED) is 0.683. The molecule has 0 aliphatic carbocycles. The molecule has 0 N–H and O–H groups in total. The third-order valence-electron chi connectivity index (χ3n) is 4.16. The second-order valence-corrected chi connectivity index (χ2v) is 4.87. The van der Waals surface area contributed by atoms with Crippen molar-refractivity contribution in [1.29, 1.82) is 0 Å². The Labute approximate surface area is 91.9 Å². The number of hydrogen-bond acceptors (Lipinski definition) is 1. The van der Waals surface area contributed by atoms with E-state index in [0.717, 1.165) is 6.04 Å². The van der Waals surface area contributed by atoms with Crippen LogP contribution in [-0.4, -0.2) is 22.1 Å². The monoisotopic (exact) mass is 204 g/mol. The fourth-order valence-electron chi connectivity index (χ4n) is 3.38. The third kappa shape index (κ3) is 1.43. The van der Waals surface area contributed by atoms with Gasteiger partial charge >= 0.3 is 0 Å². The molecule has 1 aromatic heterocycles. The molecule has 2 aliphatic heterocycles. The van der Waals surface area contributed by atoms with Gasteiger partial charge < -0.3 is 4.57 Å². The summed E-state index contributed by atoms with van der Waals surface area (Å²) in [4.78, 5) is 2.75. The SMILES string of the molecule is CC[C@H]1CCC[C@H]2c3cccn3CCN12. The van der Waals surface area contributed by atoms with Crippen LogP contribution in [0, 0.1) is 0 Å². The molecular weight excluding hydrogens is 184 g/mol. The van der Waals surface area contributed by atoms with Crippen molar-refractivity contribution in [1.82, 2.24) is 9.47 Å². The summed E-state index contributed by atoms with van der Waals surface area (Å²) in [5.74, 6) is 0. The van der Waals surface area contributed by atoms with Crippen LogP contribution < -0.4 is 0 Å². The zero-order valence-corrected chi connectivity index (χ0v) is 9.52. The fraction of sp³-hybridized carbons (Fsp3) is 0.692. The van der Waals surface area contributed by atoms with Gasteiger partial charge in [0.15, 0.2) is 0 Å². The maximum Gasteiger partial charge on any atom is 0.0504 e. The zero-order chi connectivity index (χ0) is 10.3. The standard InChI is InChI=1S/C13H20N2/c1-2-11-5-3-6-13-12-7-4-8-14(12)9-10-15(11)13/h4,7-8,11,13H,2-3,5-6,9-10H2,1H3/t11-,13-/m0/s1. The van der Waals surface area contributed by atoms with Gasteiger partial charge in [-0.1, -0.05) is 6.92 Å². The first kappa shape index (κ1) is 9.46. The van der Waals surface area contributed by atoms with E-state index in [0.29, 0.717) is 6.04 Å². The lowest BCUT2D eigenvalue weighted by atomic mass is 9.91. The first-order valence-corrected chi connectivity index (χ1v) is 6.31. The van der Waals surface area contributed by atoms with Gasteiger partial charge in [-0.2, -0.15) is 0 Å². The van der Waals surface area contributed by atoms with Crippen LogP contribution in [0.1, 0.15) is 44.3 Å². The Morgan fingerprint density at radius 1 is 1.33 bits per heavy atom. The second kappa shape index (κ2) is 3.67. The third-order valence-corrected chi connectivity index (χ3v) is 4.16. The van der Waals surface area contributed by atoms with Gasteiger partial charge in [-0.25, -0.2) is 0 Å². The van der Waals surface area contributed by atoms with E-state index < -0.39 is 0 Å². The zero-order valence-electron chi connectivity index (χ0n) is 9.52. The van der Waals surface area contributed by atoms with E-state index in [2.05, 4.69) is 34.7 Å². The Hall–Kier alpha value is -0.760. The van der Waals surface area contributed by atoms with Crippen molar-refractivity contribution in [2.24, 2.45) is 0 Å². The molecule has 1 aromatic rings. The van der Waals surface area contributed by atoms with Crippen molar-refractivity contribution in [2.75, 3.05) is 6.54 Å². The van der Waals surface area contributed by atoms with Gasteiger partial charge in [0.05, 0.1) is 6.04 Å². The van der Waals surface area contributed by atoms with Crippen LogP contribution in [0.4, 0.5) is 0 Å². The molecule has 0 spiro atoms. The number of nitrogens with zero attached hydrogens (tertiary/aromatic N) is 2. The predicted octanol–water partition coefficient (Wildman–Crippen LogP) is 2.81. The smallest absolute Gasteiger partial charge is 0.0504 e. The van der Waals surface area contributed by atoms with Crippen molar-refractivity contribution in [3.05, 3.63) is 24.0 Å². The van der Waals surface area contributed by atoms with E-state index in [1.807, 2.05) is 0 Å². The molecule has 1 fully saturated rings. The highest BCUT2D eigenvalue weighted by Crippen LogP contribution is 2.37. The highest BCUT2D eigenvalue weighted by Gasteiger charge is 2.34. The van der Waals surface area contributed by atoms with E-state index >= 15 is 0 Å². The molecule has 15 heavy (non-hydrogen) atoms. The van der Waals surface area contributed by atoms with Gasteiger partial charge in [0.2, 0.25) is 0 Å². The van der Waals surface area contributed by atoms with Gasteiger partial charge in [-0.3, -0.25) is 4.90 Å². The highest BCUT2D eigenvalue weighted by atomic mass is 15.3. The lowest BCUT2D eigenvalue weighted by molar-refractivity contribution is 0.0548. The second-order valence-electron chi connectivity index (χ2n) is 4.87. The normalized spacial score (nSPS) is 31.0. The van der Waals surface area contributed by atoms with Crippen LogP contribution in [-0.2, 0) is 6.54 Å². The molecule has 0 saturated carbocycles. The van der Waals surface area contributed by atoms with Crippen LogP contribution in [0.15, 0.2) is 18.3 Å². The molecule has 0 unspecified atom stereocenters. The van der Waals surface area contributed by atoms with E-state index in [1.54, 1.807) is 5.69 Å².